The predicted molar refractivity (Wildman–Crippen MR) is 65.6 cm³/mol. The van der Waals surface area contributed by atoms with Gasteiger partial charge in [-0.1, -0.05) is 29.8 Å². The predicted octanol–water partition coefficient (Wildman–Crippen LogP) is 3.13. The van der Waals surface area contributed by atoms with E-state index in [4.69, 9.17) is 8.83 Å². The summed E-state index contributed by atoms with van der Waals surface area (Å²) < 4.78 is 10.5. The molecule has 0 unspecified atom stereocenters. The number of aryl methyl sites for hydroxylation is 1. The molecule has 4 heteroatoms. The Morgan fingerprint density at radius 3 is 2.78 bits per heavy atom. The third kappa shape index (κ3) is 1.82. The molecule has 0 saturated heterocycles. The summed E-state index contributed by atoms with van der Waals surface area (Å²) in [6, 6.07) is 8.17. The van der Waals surface area contributed by atoms with Gasteiger partial charge >= 0.3 is 0 Å². The van der Waals surface area contributed by atoms with Crippen molar-refractivity contribution in [1.82, 2.24) is 4.98 Å². The Kier molecular flexibility index (Phi) is 2.48. The van der Waals surface area contributed by atoms with Crippen LogP contribution in [0.3, 0.4) is 0 Å². The van der Waals surface area contributed by atoms with Crippen molar-refractivity contribution in [3.63, 3.8) is 0 Å². The van der Waals surface area contributed by atoms with E-state index in [1.165, 1.54) is 11.8 Å². The Balaban J connectivity index is 1.92. The number of carbonyl (C=O) groups excluding carboxylic acids is 1. The van der Waals surface area contributed by atoms with Crippen molar-refractivity contribution in [1.29, 1.82) is 0 Å². The minimum Gasteiger partial charge on any atom is -0.455 e. The number of hydrogen-bond acceptors (Lipinski definition) is 4. The van der Waals surface area contributed by atoms with Crippen molar-refractivity contribution in [3.05, 3.63) is 53.3 Å². The fourth-order valence-electron chi connectivity index (χ4n) is 1.84. The lowest BCUT2D eigenvalue weighted by atomic mass is 10.1. The van der Waals surface area contributed by atoms with E-state index in [1.54, 1.807) is 0 Å². The maximum atomic E-state index is 10.7. The van der Waals surface area contributed by atoms with E-state index in [-0.39, 0.29) is 5.76 Å². The molecule has 90 valence electrons. The molecule has 0 amide bonds. The highest BCUT2D eigenvalue weighted by Gasteiger charge is 2.13. The normalized spacial score (nSPS) is 10.9. The number of carbonyl (C=O) groups is 1. The van der Waals surface area contributed by atoms with Crippen LogP contribution in [0.1, 0.15) is 27.6 Å². The molecule has 0 atom stereocenters. The summed E-state index contributed by atoms with van der Waals surface area (Å²) in [6.07, 6.45) is 2.66. The summed E-state index contributed by atoms with van der Waals surface area (Å²) in [4.78, 5) is 15.0. The van der Waals surface area contributed by atoms with Gasteiger partial charge in [-0.2, -0.15) is 0 Å². The van der Waals surface area contributed by atoms with Crippen LogP contribution in [0.15, 0.2) is 39.4 Å². The molecule has 18 heavy (non-hydrogen) atoms. The molecule has 3 rings (SSSR count). The Bertz CT molecular complexity index is 691. The van der Waals surface area contributed by atoms with E-state index in [2.05, 4.69) is 4.98 Å². The molecule has 0 aliphatic carbocycles. The van der Waals surface area contributed by atoms with E-state index >= 15 is 0 Å². The van der Waals surface area contributed by atoms with Crippen LogP contribution >= 0.6 is 0 Å². The molecule has 0 radical (unpaired) electrons. The standard InChI is InChI=1S/C14H11NO3/c1-9-2-4-10(5-3-9)6-13-15-11-8-17-12(7-16)14(11)18-13/h2-5,7-8H,6H2,1H3. The second kappa shape index (κ2) is 4.14. The van der Waals surface area contributed by atoms with E-state index < -0.39 is 0 Å². The van der Waals surface area contributed by atoms with E-state index in [1.807, 2.05) is 31.2 Å². The van der Waals surface area contributed by atoms with Gasteiger partial charge in [0.25, 0.3) is 0 Å². The molecule has 0 fully saturated rings. The summed E-state index contributed by atoms with van der Waals surface area (Å²) >= 11 is 0. The molecular formula is C14H11NO3. The SMILES string of the molecule is Cc1ccc(Cc2nc3coc(C=O)c3o2)cc1. The fourth-order valence-corrected chi connectivity index (χ4v) is 1.84. The number of fused-ring (bicyclic) bond motifs is 1. The number of benzene rings is 1. The summed E-state index contributed by atoms with van der Waals surface area (Å²) in [7, 11) is 0. The Morgan fingerprint density at radius 1 is 1.28 bits per heavy atom. The van der Waals surface area contributed by atoms with Crippen molar-refractivity contribution in [2.75, 3.05) is 0 Å². The van der Waals surface area contributed by atoms with Crippen molar-refractivity contribution in [2.45, 2.75) is 13.3 Å². The highest BCUT2D eigenvalue weighted by molar-refractivity contribution is 5.89. The van der Waals surface area contributed by atoms with Crippen LogP contribution in [0, 0.1) is 6.92 Å². The van der Waals surface area contributed by atoms with Crippen LogP contribution in [0.2, 0.25) is 0 Å². The number of hydrogen-bond donors (Lipinski definition) is 0. The summed E-state index contributed by atoms with van der Waals surface area (Å²) in [6.45, 7) is 2.04. The first-order valence-corrected chi connectivity index (χ1v) is 5.64. The number of aldehydes is 1. The lowest BCUT2D eigenvalue weighted by Crippen LogP contribution is -1.87. The molecular weight excluding hydrogens is 230 g/mol. The Morgan fingerprint density at radius 2 is 2.06 bits per heavy atom. The van der Waals surface area contributed by atoms with E-state index in [9.17, 15) is 4.79 Å². The quantitative estimate of drug-likeness (QED) is 0.661. The minimum absolute atomic E-state index is 0.188. The van der Waals surface area contributed by atoms with Gasteiger partial charge < -0.3 is 8.83 Å². The topological polar surface area (TPSA) is 56.2 Å². The molecule has 4 nitrogen and oxygen atoms in total. The first-order chi connectivity index (χ1) is 8.76. The van der Waals surface area contributed by atoms with Crippen LogP contribution in [0.25, 0.3) is 11.1 Å². The molecule has 0 aliphatic rings. The van der Waals surface area contributed by atoms with Gasteiger partial charge in [0, 0.05) is 6.42 Å². The second-order valence-corrected chi connectivity index (χ2v) is 4.20. The first-order valence-electron chi connectivity index (χ1n) is 5.64. The first kappa shape index (κ1) is 10.8. The Hall–Kier alpha value is -2.36. The van der Waals surface area contributed by atoms with Crippen LogP contribution in [0.4, 0.5) is 0 Å². The van der Waals surface area contributed by atoms with E-state index in [0.29, 0.717) is 29.7 Å². The monoisotopic (exact) mass is 241 g/mol. The van der Waals surface area contributed by atoms with Crippen molar-refractivity contribution >= 4 is 17.4 Å². The maximum absolute atomic E-state index is 10.7. The number of oxazole rings is 1. The number of furan rings is 1. The van der Waals surface area contributed by atoms with Gasteiger partial charge in [0.05, 0.1) is 0 Å². The molecule has 1 aromatic carbocycles. The number of rotatable bonds is 3. The zero-order valence-corrected chi connectivity index (χ0v) is 9.84. The average molecular weight is 241 g/mol. The average Bonchev–Trinajstić information content (AvgIpc) is 2.91. The molecule has 3 aromatic rings. The second-order valence-electron chi connectivity index (χ2n) is 4.20. The van der Waals surface area contributed by atoms with Crippen LogP contribution in [0.5, 0.6) is 0 Å². The molecule has 0 aliphatic heterocycles. The van der Waals surface area contributed by atoms with Crippen molar-refractivity contribution in [3.8, 4) is 0 Å². The van der Waals surface area contributed by atoms with Gasteiger partial charge in [-0.3, -0.25) is 4.79 Å². The molecule has 2 aromatic heterocycles. The summed E-state index contributed by atoms with van der Waals surface area (Å²) in [5, 5.41) is 0. The van der Waals surface area contributed by atoms with Gasteiger partial charge in [-0.25, -0.2) is 4.98 Å². The fraction of sp³-hybridized carbons (Fsp3) is 0.143. The third-order valence-electron chi connectivity index (χ3n) is 2.80. The maximum Gasteiger partial charge on any atom is 0.211 e. The van der Waals surface area contributed by atoms with Gasteiger partial charge in [-0.05, 0) is 12.5 Å². The van der Waals surface area contributed by atoms with Gasteiger partial charge in [0.2, 0.25) is 11.3 Å². The molecule has 0 N–H and O–H groups in total. The lowest BCUT2D eigenvalue weighted by Gasteiger charge is -1.97. The van der Waals surface area contributed by atoms with Crippen LogP contribution in [-0.2, 0) is 6.42 Å². The summed E-state index contributed by atoms with van der Waals surface area (Å²) in [5.74, 6) is 0.774. The minimum atomic E-state index is 0.188. The van der Waals surface area contributed by atoms with Crippen LogP contribution < -0.4 is 0 Å². The third-order valence-corrected chi connectivity index (χ3v) is 2.80. The molecule has 0 saturated carbocycles. The van der Waals surface area contributed by atoms with Crippen molar-refractivity contribution < 1.29 is 13.6 Å². The summed E-state index contributed by atoms with van der Waals surface area (Å²) in [5.41, 5.74) is 3.34. The van der Waals surface area contributed by atoms with Gasteiger partial charge in [-0.15, -0.1) is 0 Å². The number of aromatic nitrogens is 1. The van der Waals surface area contributed by atoms with Gasteiger partial charge in [0.15, 0.2) is 12.2 Å². The zero-order chi connectivity index (χ0) is 12.5. The van der Waals surface area contributed by atoms with Crippen LogP contribution in [-0.4, -0.2) is 11.3 Å². The zero-order valence-electron chi connectivity index (χ0n) is 9.84. The Labute approximate surface area is 103 Å². The van der Waals surface area contributed by atoms with E-state index in [0.717, 1.165) is 5.56 Å². The molecule has 0 spiro atoms. The molecule has 2 heterocycles. The smallest absolute Gasteiger partial charge is 0.211 e. The van der Waals surface area contributed by atoms with Gasteiger partial charge in [0.1, 0.15) is 11.8 Å². The highest BCUT2D eigenvalue weighted by atomic mass is 16.4. The lowest BCUT2D eigenvalue weighted by molar-refractivity contribution is 0.110. The molecule has 0 bridgehead atoms. The largest absolute Gasteiger partial charge is 0.455 e. The highest BCUT2D eigenvalue weighted by Crippen LogP contribution is 2.22. The number of nitrogens with zero attached hydrogens (tertiary/aromatic N) is 1. The van der Waals surface area contributed by atoms with Crippen molar-refractivity contribution in [2.24, 2.45) is 0 Å².